The molecule has 0 aromatic heterocycles. The zero-order valence-electron chi connectivity index (χ0n) is 14.8. The molecule has 0 saturated carbocycles. The fraction of sp³-hybridized carbons (Fsp3) is 0.263. The molecule has 1 aliphatic heterocycles. The number of halogens is 1. The van der Waals surface area contributed by atoms with E-state index in [1.807, 2.05) is 0 Å². The first-order valence-corrected chi connectivity index (χ1v) is 10.3. The van der Waals surface area contributed by atoms with Crippen LogP contribution in [0.2, 0.25) is 0 Å². The van der Waals surface area contributed by atoms with Crippen LogP contribution < -0.4 is 0 Å². The molecule has 142 valence electrons. The van der Waals surface area contributed by atoms with E-state index in [1.54, 1.807) is 21.9 Å². The fourth-order valence-electron chi connectivity index (χ4n) is 2.96. The van der Waals surface area contributed by atoms with Gasteiger partial charge in [0.1, 0.15) is 5.82 Å². The standard InChI is InChI=1S/C19H19FN2O4S/c1-27(25,26)17-7-3-5-15(13-17)19(24)22-10-8-21(9-11-22)18(23)14-4-2-6-16(20)12-14/h2-7,12-13H,8-11H2,1H3. The van der Waals surface area contributed by atoms with Gasteiger partial charge in [0.25, 0.3) is 11.8 Å². The minimum absolute atomic E-state index is 0.0910. The highest BCUT2D eigenvalue weighted by atomic mass is 32.2. The van der Waals surface area contributed by atoms with E-state index in [2.05, 4.69) is 0 Å². The molecule has 27 heavy (non-hydrogen) atoms. The second kappa shape index (κ2) is 7.48. The predicted octanol–water partition coefficient (Wildman–Crippen LogP) is 1.83. The normalized spacial score (nSPS) is 14.9. The summed E-state index contributed by atoms with van der Waals surface area (Å²) in [6.45, 7) is 1.30. The molecule has 0 N–H and O–H groups in total. The number of hydrogen-bond donors (Lipinski definition) is 0. The first-order valence-electron chi connectivity index (χ1n) is 8.40. The second-order valence-corrected chi connectivity index (χ2v) is 8.41. The molecule has 0 atom stereocenters. The summed E-state index contributed by atoms with van der Waals surface area (Å²) in [5.41, 5.74) is 0.568. The van der Waals surface area contributed by atoms with Gasteiger partial charge in [0.15, 0.2) is 9.84 Å². The quantitative estimate of drug-likeness (QED) is 0.801. The molecule has 2 aromatic carbocycles. The number of nitrogens with zero attached hydrogens (tertiary/aromatic N) is 2. The summed E-state index contributed by atoms with van der Waals surface area (Å²) in [6.07, 6.45) is 1.09. The molecule has 2 aromatic rings. The van der Waals surface area contributed by atoms with Crippen LogP contribution in [0.25, 0.3) is 0 Å². The number of carbonyl (C=O) groups is 2. The predicted molar refractivity (Wildman–Crippen MR) is 97.8 cm³/mol. The van der Waals surface area contributed by atoms with Crippen LogP contribution in [0.3, 0.4) is 0 Å². The maximum atomic E-state index is 13.3. The Morgan fingerprint density at radius 2 is 1.33 bits per heavy atom. The van der Waals surface area contributed by atoms with Crippen LogP contribution in [-0.4, -0.2) is 62.5 Å². The van der Waals surface area contributed by atoms with Gasteiger partial charge in [0, 0.05) is 43.6 Å². The molecule has 0 bridgehead atoms. The van der Waals surface area contributed by atoms with E-state index in [0.29, 0.717) is 31.7 Å². The van der Waals surface area contributed by atoms with Gasteiger partial charge < -0.3 is 9.80 Å². The van der Waals surface area contributed by atoms with Crippen molar-refractivity contribution in [3.05, 3.63) is 65.5 Å². The number of piperazine rings is 1. The SMILES string of the molecule is CS(=O)(=O)c1cccc(C(=O)N2CCN(C(=O)c3cccc(F)c3)CC2)c1. The summed E-state index contributed by atoms with van der Waals surface area (Å²) in [6, 6.07) is 11.4. The number of rotatable bonds is 3. The molecule has 3 rings (SSSR count). The van der Waals surface area contributed by atoms with Crippen molar-refractivity contribution in [3.8, 4) is 0 Å². The topological polar surface area (TPSA) is 74.8 Å². The molecule has 2 amide bonds. The van der Waals surface area contributed by atoms with Crippen LogP contribution in [0.1, 0.15) is 20.7 Å². The summed E-state index contributed by atoms with van der Waals surface area (Å²) >= 11 is 0. The van der Waals surface area contributed by atoms with Crippen molar-refractivity contribution in [3.63, 3.8) is 0 Å². The third kappa shape index (κ3) is 4.33. The first-order chi connectivity index (χ1) is 12.8. The summed E-state index contributed by atoms with van der Waals surface area (Å²) < 4.78 is 36.6. The Bertz CT molecular complexity index is 983. The van der Waals surface area contributed by atoms with E-state index in [1.165, 1.54) is 36.4 Å². The maximum absolute atomic E-state index is 13.3. The van der Waals surface area contributed by atoms with Gasteiger partial charge in [0.05, 0.1) is 4.90 Å². The summed E-state index contributed by atoms with van der Waals surface area (Å²) in [5, 5.41) is 0. The number of benzene rings is 2. The Morgan fingerprint density at radius 1 is 0.852 bits per heavy atom. The Hall–Kier alpha value is -2.74. The number of hydrogen-bond acceptors (Lipinski definition) is 4. The van der Waals surface area contributed by atoms with E-state index in [-0.39, 0.29) is 22.3 Å². The lowest BCUT2D eigenvalue weighted by Gasteiger charge is -2.35. The minimum atomic E-state index is -3.40. The highest BCUT2D eigenvalue weighted by Gasteiger charge is 2.26. The zero-order valence-corrected chi connectivity index (χ0v) is 15.6. The molecule has 0 spiro atoms. The lowest BCUT2D eigenvalue weighted by molar-refractivity contribution is 0.0535. The van der Waals surface area contributed by atoms with Crippen LogP contribution >= 0.6 is 0 Å². The summed E-state index contributed by atoms with van der Waals surface area (Å²) in [7, 11) is -3.40. The van der Waals surface area contributed by atoms with Gasteiger partial charge >= 0.3 is 0 Å². The van der Waals surface area contributed by atoms with Crippen molar-refractivity contribution in [2.45, 2.75) is 4.90 Å². The van der Waals surface area contributed by atoms with Gasteiger partial charge in [-0.1, -0.05) is 12.1 Å². The second-order valence-electron chi connectivity index (χ2n) is 6.39. The van der Waals surface area contributed by atoms with E-state index < -0.39 is 15.7 Å². The van der Waals surface area contributed by atoms with E-state index >= 15 is 0 Å². The molecular formula is C19H19FN2O4S. The smallest absolute Gasteiger partial charge is 0.254 e. The van der Waals surface area contributed by atoms with Gasteiger partial charge in [-0.05, 0) is 36.4 Å². The lowest BCUT2D eigenvalue weighted by atomic mass is 10.1. The van der Waals surface area contributed by atoms with E-state index in [0.717, 1.165) is 6.26 Å². The maximum Gasteiger partial charge on any atom is 0.254 e. The van der Waals surface area contributed by atoms with Crippen molar-refractivity contribution in [2.24, 2.45) is 0 Å². The Labute approximate surface area is 157 Å². The van der Waals surface area contributed by atoms with Gasteiger partial charge in [-0.25, -0.2) is 12.8 Å². The van der Waals surface area contributed by atoms with Gasteiger partial charge in [-0.2, -0.15) is 0 Å². The summed E-state index contributed by atoms with van der Waals surface area (Å²) in [4.78, 5) is 28.3. The summed E-state index contributed by atoms with van der Waals surface area (Å²) in [5.74, 6) is -1.03. The molecule has 1 aliphatic rings. The van der Waals surface area contributed by atoms with Crippen molar-refractivity contribution in [1.82, 2.24) is 9.80 Å². The van der Waals surface area contributed by atoms with Crippen LogP contribution in [0.5, 0.6) is 0 Å². The van der Waals surface area contributed by atoms with Gasteiger partial charge in [-0.3, -0.25) is 9.59 Å². The average Bonchev–Trinajstić information content (AvgIpc) is 2.66. The van der Waals surface area contributed by atoms with Crippen molar-refractivity contribution >= 4 is 21.7 Å². The van der Waals surface area contributed by atoms with Crippen LogP contribution in [0, 0.1) is 5.82 Å². The van der Waals surface area contributed by atoms with Gasteiger partial charge in [0.2, 0.25) is 0 Å². The third-order valence-corrected chi connectivity index (χ3v) is 5.55. The fourth-order valence-corrected chi connectivity index (χ4v) is 3.63. The van der Waals surface area contributed by atoms with Crippen molar-refractivity contribution in [2.75, 3.05) is 32.4 Å². The van der Waals surface area contributed by atoms with Crippen LogP contribution in [0.4, 0.5) is 4.39 Å². The first kappa shape index (κ1) is 19.0. The monoisotopic (exact) mass is 390 g/mol. The molecule has 0 radical (unpaired) electrons. The highest BCUT2D eigenvalue weighted by Crippen LogP contribution is 2.16. The third-order valence-electron chi connectivity index (χ3n) is 4.43. The number of amides is 2. The van der Waals surface area contributed by atoms with Gasteiger partial charge in [-0.15, -0.1) is 0 Å². The van der Waals surface area contributed by atoms with Crippen molar-refractivity contribution < 1.29 is 22.4 Å². The Morgan fingerprint density at radius 3 is 1.81 bits per heavy atom. The van der Waals surface area contributed by atoms with E-state index in [9.17, 15) is 22.4 Å². The highest BCUT2D eigenvalue weighted by molar-refractivity contribution is 7.90. The van der Waals surface area contributed by atoms with E-state index in [4.69, 9.17) is 0 Å². The molecule has 1 heterocycles. The Balaban J connectivity index is 1.67. The average molecular weight is 390 g/mol. The van der Waals surface area contributed by atoms with Crippen molar-refractivity contribution in [1.29, 1.82) is 0 Å². The molecule has 1 saturated heterocycles. The number of carbonyl (C=O) groups excluding carboxylic acids is 2. The molecule has 6 nitrogen and oxygen atoms in total. The zero-order chi connectivity index (χ0) is 19.6. The molecule has 0 unspecified atom stereocenters. The minimum Gasteiger partial charge on any atom is -0.335 e. The number of sulfone groups is 1. The molecule has 0 aliphatic carbocycles. The molecular weight excluding hydrogens is 371 g/mol. The largest absolute Gasteiger partial charge is 0.335 e. The van der Waals surface area contributed by atoms with Crippen LogP contribution in [0.15, 0.2) is 53.4 Å². The van der Waals surface area contributed by atoms with Crippen LogP contribution in [-0.2, 0) is 9.84 Å². The molecule has 1 fully saturated rings. The lowest BCUT2D eigenvalue weighted by Crippen LogP contribution is -2.50. The Kier molecular flexibility index (Phi) is 5.27. The molecule has 8 heteroatoms.